The van der Waals surface area contributed by atoms with Crippen LogP contribution in [0.25, 0.3) is 0 Å². The molecule has 1 aromatic heterocycles. The van der Waals surface area contributed by atoms with E-state index >= 15 is 0 Å². The number of benzene rings is 2. The lowest BCUT2D eigenvalue weighted by atomic mass is 10.1. The number of fused-ring (bicyclic) bond motifs is 1. The lowest BCUT2D eigenvalue weighted by Gasteiger charge is -2.04. The highest BCUT2D eigenvalue weighted by atomic mass is 32.2. The van der Waals surface area contributed by atoms with Crippen LogP contribution in [0, 0.1) is 6.92 Å². The Balaban J connectivity index is 1.29. The van der Waals surface area contributed by atoms with Crippen molar-refractivity contribution in [3.63, 3.8) is 0 Å². The maximum Gasteiger partial charge on any atom is 0.231 e. The number of hydrogen-bond acceptors (Lipinski definition) is 7. The number of nitrogens with one attached hydrogen (secondary N) is 1. The van der Waals surface area contributed by atoms with Gasteiger partial charge in [-0.1, -0.05) is 29.5 Å². The number of thiazole rings is 1. The number of aromatic nitrogens is 1. The summed E-state index contributed by atoms with van der Waals surface area (Å²) >= 11 is 2.80. The Hall–Kier alpha value is -2.84. The molecule has 1 aliphatic heterocycles. The summed E-state index contributed by atoms with van der Waals surface area (Å²) in [5, 5.41) is 4.71. The normalized spacial score (nSPS) is 12.0. The second-order valence-corrected chi connectivity index (χ2v) is 8.56. The first-order valence-electron chi connectivity index (χ1n) is 8.93. The fourth-order valence-electron chi connectivity index (χ4n) is 2.72. The number of hydrogen-bond donors (Lipinski definition) is 1. The van der Waals surface area contributed by atoms with Crippen molar-refractivity contribution in [2.75, 3.05) is 17.9 Å². The van der Waals surface area contributed by atoms with Gasteiger partial charge in [-0.15, -0.1) is 11.3 Å². The molecule has 0 spiro atoms. The van der Waals surface area contributed by atoms with Gasteiger partial charge >= 0.3 is 0 Å². The molecule has 0 atom stereocenters. The van der Waals surface area contributed by atoms with E-state index in [-0.39, 0.29) is 30.7 Å². The van der Waals surface area contributed by atoms with Crippen LogP contribution in [0.5, 0.6) is 11.5 Å². The molecule has 0 unspecified atom stereocenters. The Labute approximate surface area is 176 Å². The van der Waals surface area contributed by atoms with E-state index in [4.69, 9.17) is 9.47 Å². The number of Topliss-reactive ketones (excluding diaryl/α,β-unsaturated/α-hetero) is 1. The number of ether oxygens (including phenoxy) is 2. The van der Waals surface area contributed by atoms with Crippen LogP contribution in [0.2, 0.25) is 0 Å². The van der Waals surface area contributed by atoms with Crippen molar-refractivity contribution in [2.45, 2.75) is 17.7 Å². The minimum atomic E-state index is -0.118. The van der Waals surface area contributed by atoms with E-state index in [1.54, 1.807) is 18.2 Å². The van der Waals surface area contributed by atoms with E-state index in [2.05, 4.69) is 10.3 Å². The summed E-state index contributed by atoms with van der Waals surface area (Å²) in [6.07, 6.45) is 0.195. The zero-order valence-electron chi connectivity index (χ0n) is 15.6. The third-order valence-electron chi connectivity index (χ3n) is 4.23. The smallest absolute Gasteiger partial charge is 0.231 e. The predicted molar refractivity (Wildman–Crippen MR) is 113 cm³/mol. The molecular weight excluding hydrogens is 408 g/mol. The van der Waals surface area contributed by atoms with Crippen LogP contribution in [0.3, 0.4) is 0 Å². The van der Waals surface area contributed by atoms with Gasteiger partial charge in [0, 0.05) is 16.6 Å². The van der Waals surface area contributed by atoms with Crippen LogP contribution in [-0.2, 0) is 11.2 Å². The summed E-state index contributed by atoms with van der Waals surface area (Å²) in [6.45, 7) is 2.18. The van der Waals surface area contributed by atoms with Crippen LogP contribution in [0.15, 0.2) is 52.2 Å². The van der Waals surface area contributed by atoms with Gasteiger partial charge in [-0.2, -0.15) is 0 Å². The zero-order chi connectivity index (χ0) is 20.2. The lowest BCUT2D eigenvalue weighted by Crippen LogP contribution is -2.14. The number of amides is 1. The molecule has 1 N–H and O–H groups in total. The topological polar surface area (TPSA) is 77.5 Å². The van der Waals surface area contributed by atoms with E-state index in [0.717, 1.165) is 15.6 Å². The van der Waals surface area contributed by atoms with E-state index in [0.29, 0.717) is 22.8 Å². The number of aryl methyl sites for hydroxylation is 1. The molecule has 0 saturated carbocycles. The first-order valence-corrected chi connectivity index (χ1v) is 10.8. The molecule has 2 aromatic carbocycles. The van der Waals surface area contributed by atoms with Gasteiger partial charge in [0.05, 0.1) is 17.9 Å². The summed E-state index contributed by atoms with van der Waals surface area (Å²) < 4.78 is 11.3. The van der Waals surface area contributed by atoms with Crippen molar-refractivity contribution < 1.29 is 19.1 Å². The summed E-state index contributed by atoms with van der Waals surface area (Å²) in [5.74, 6) is 1.39. The molecule has 8 heteroatoms. The number of nitrogens with zero attached hydrogens (tertiary/aromatic N) is 1. The fraction of sp³-hybridized carbons (Fsp3) is 0.190. The molecule has 0 radical (unpaired) electrons. The Bertz CT molecular complexity index is 1050. The second-order valence-electron chi connectivity index (χ2n) is 6.48. The third-order valence-corrected chi connectivity index (χ3v) is 6.30. The predicted octanol–water partition coefficient (Wildman–Crippen LogP) is 4.34. The number of anilines is 1. The van der Waals surface area contributed by atoms with Gasteiger partial charge in [-0.05, 0) is 37.3 Å². The van der Waals surface area contributed by atoms with Crippen molar-refractivity contribution in [2.24, 2.45) is 0 Å². The van der Waals surface area contributed by atoms with Gasteiger partial charge in [-0.3, -0.25) is 9.59 Å². The highest BCUT2D eigenvalue weighted by Crippen LogP contribution is 2.33. The highest BCUT2D eigenvalue weighted by molar-refractivity contribution is 8.01. The van der Waals surface area contributed by atoms with Gasteiger partial charge in [0.25, 0.3) is 0 Å². The number of carbonyl (C=O) groups is 2. The van der Waals surface area contributed by atoms with Gasteiger partial charge < -0.3 is 14.8 Å². The SMILES string of the molecule is Cc1ccc(NC(=O)Cc2csc(SCC(=O)c3ccc4c(c3)OCO4)n2)cc1. The summed E-state index contributed by atoms with van der Waals surface area (Å²) in [4.78, 5) is 29.1. The molecule has 0 fully saturated rings. The molecule has 29 heavy (non-hydrogen) atoms. The lowest BCUT2D eigenvalue weighted by molar-refractivity contribution is -0.115. The standard InChI is InChI=1S/C21H18N2O4S2/c1-13-2-5-15(6-3-13)22-20(25)9-16-10-28-21(23-16)29-11-17(24)14-4-7-18-19(8-14)27-12-26-18/h2-8,10H,9,11-12H2,1H3,(H,22,25). The van der Waals surface area contributed by atoms with E-state index in [1.807, 2.05) is 36.6 Å². The van der Waals surface area contributed by atoms with Crippen molar-refractivity contribution in [3.05, 3.63) is 64.7 Å². The van der Waals surface area contributed by atoms with Crippen molar-refractivity contribution in [1.29, 1.82) is 0 Å². The molecule has 0 bridgehead atoms. The Morgan fingerprint density at radius 3 is 2.76 bits per heavy atom. The second kappa shape index (κ2) is 8.67. The molecule has 148 valence electrons. The molecule has 6 nitrogen and oxygen atoms in total. The average molecular weight is 427 g/mol. The minimum absolute atomic E-state index is 0.0119. The molecule has 0 aliphatic carbocycles. The summed E-state index contributed by atoms with van der Waals surface area (Å²) in [7, 11) is 0. The van der Waals surface area contributed by atoms with Crippen LogP contribution in [0.1, 0.15) is 21.6 Å². The van der Waals surface area contributed by atoms with Crippen LogP contribution >= 0.6 is 23.1 Å². The third kappa shape index (κ3) is 4.96. The van der Waals surface area contributed by atoms with Crippen LogP contribution < -0.4 is 14.8 Å². The molecule has 1 amide bonds. The number of carbonyl (C=O) groups excluding carboxylic acids is 2. The Morgan fingerprint density at radius 2 is 1.93 bits per heavy atom. The van der Waals surface area contributed by atoms with Gasteiger partial charge in [0.15, 0.2) is 21.6 Å². The molecule has 0 saturated heterocycles. The van der Waals surface area contributed by atoms with Crippen LogP contribution in [0.4, 0.5) is 5.69 Å². The number of ketones is 1. The van der Waals surface area contributed by atoms with Crippen LogP contribution in [-0.4, -0.2) is 29.2 Å². The quantitative estimate of drug-likeness (QED) is 0.447. The molecule has 4 rings (SSSR count). The maximum atomic E-state index is 12.4. The van der Waals surface area contributed by atoms with E-state index in [1.165, 1.54) is 23.1 Å². The molecule has 1 aliphatic rings. The van der Waals surface area contributed by atoms with Crippen molar-refractivity contribution in [3.8, 4) is 11.5 Å². The Morgan fingerprint density at radius 1 is 1.14 bits per heavy atom. The summed E-state index contributed by atoms with van der Waals surface area (Å²) in [6, 6.07) is 12.8. The number of thioether (sulfide) groups is 1. The first kappa shape index (κ1) is 19.5. The van der Waals surface area contributed by atoms with E-state index in [9.17, 15) is 9.59 Å². The zero-order valence-corrected chi connectivity index (χ0v) is 17.3. The fourth-order valence-corrected chi connectivity index (χ4v) is 4.46. The monoisotopic (exact) mass is 426 g/mol. The maximum absolute atomic E-state index is 12.4. The highest BCUT2D eigenvalue weighted by Gasteiger charge is 2.17. The molecule has 3 aromatic rings. The average Bonchev–Trinajstić information content (AvgIpc) is 3.36. The largest absolute Gasteiger partial charge is 0.454 e. The number of rotatable bonds is 7. The van der Waals surface area contributed by atoms with Crippen molar-refractivity contribution in [1.82, 2.24) is 4.98 Å². The molecule has 2 heterocycles. The first-order chi connectivity index (χ1) is 14.1. The Kier molecular flexibility index (Phi) is 5.82. The van der Waals surface area contributed by atoms with Gasteiger partial charge in [0.1, 0.15) is 0 Å². The van der Waals surface area contributed by atoms with Gasteiger partial charge in [-0.25, -0.2) is 4.98 Å². The van der Waals surface area contributed by atoms with Crippen molar-refractivity contribution >= 4 is 40.5 Å². The summed E-state index contributed by atoms with van der Waals surface area (Å²) in [5.41, 5.74) is 3.17. The minimum Gasteiger partial charge on any atom is -0.454 e. The van der Waals surface area contributed by atoms with E-state index < -0.39 is 0 Å². The molecular formula is C21H18N2O4S2. The van der Waals surface area contributed by atoms with Gasteiger partial charge in [0.2, 0.25) is 12.7 Å².